The van der Waals surface area contributed by atoms with Gasteiger partial charge in [0, 0.05) is 6.42 Å². The molecule has 0 fully saturated rings. The lowest BCUT2D eigenvalue weighted by Crippen LogP contribution is -2.11. The molecule has 28 heavy (non-hydrogen) atoms. The second-order valence-electron chi connectivity index (χ2n) is 5.45. The van der Waals surface area contributed by atoms with Gasteiger partial charge in [0.1, 0.15) is 10.7 Å². The topological polar surface area (TPSA) is 135 Å². The zero-order valence-corrected chi connectivity index (χ0v) is 18.0. The number of carboxylic acid groups (broad SMARTS) is 2. The van der Waals surface area contributed by atoms with Crippen LogP contribution in [0.4, 0.5) is 0 Å². The summed E-state index contributed by atoms with van der Waals surface area (Å²) in [7, 11) is 1.42. The predicted octanol–water partition coefficient (Wildman–Crippen LogP) is 3.05. The summed E-state index contributed by atoms with van der Waals surface area (Å²) < 4.78 is 11.1. The van der Waals surface area contributed by atoms with Crippen LogP contribution in [-0.4, -0.2) is 51.0 Å². The van der Waals surface area contributed by atoms with Crippen LogP contribution in [0.15, 0.2) is 22.2 Å². The van der Waals surface area contributed by atoms with E-state index in [-0.39, 0.29) is 10.7 Å². The van der Waals surface area contributed by atoms with Gasteiger partial charge in [-0.1, -0.05) is 6.92 Å². The highest BCUT2D eigenvalue weighted by Crippen LogP contribution is 2.35. The van der Waals surface area contributed by atoms with Crippen LogP contribution in [0.25, 0.3) is 6.08 Å². The van der Waals surface area contributed by atoms with E-state index in [1.807, 2.05) is 29.5 Å². The van der Waals surface area contributed by atoms with Crippen molar-refractivity contribution in [1.82, 2.24) is 15.2 Å². The fourth-order valence-electron chi connectivity index (χ4n) is 2.15. The highest BCUT2D eigenvalue weighted by Gasteiger charge is 2.16. The number of carbonyl (C=O) groups is 2. The smallest absolute Gasteiger partial charge is 0.342 e. The molecule has 3 N–H and O–H groups in total. The predicted molar refractivity (Wildman–Crippen MR) is 111 cm³/mol. The van der Waals surface area contributed by atoms with Crippen LogP contribution in [0, 0.1) is 3.57 Å². The third-order valence-electron chi connectivity index (χ3n) is 3.30. The Kier molecular flexibility index (Phi) is 8.11. The van der Waals surface area contributed by atoms with Crippen molar-refractivity contribution < 1.29 is 29.3 Å². The minimum absolute atomic E-state index is 0.0269. The van der Waals surface area contributed by atoms with E-state index in [0.29, 0.717) is 25.9 Å². The molecular weight excluding hydrogens is 501 g/mol. The van der Waals surface area contributed by atoms with Crippen LogP contribution in [0.1, 0.15) is 24.7 Å². The third-order valence-corrected chi connectivity index (χ3v) is 4.98. The molecule has 0 spiro atoms. The van der Waals surface area contributed by atoms with E-state index in [1.54, 1.807) is 12.1 Å². The number of halogens is 1. The summed E-state index contributed by atoms with van der Waals surface area (Å²) in [5, 5.41) is 25.4. The molecule has 0 aliphatic carbocycles. The van der Waals surface area contributed by atoms with Crippen molar-refractivity contribution >= 4 is 52.4 Å². The van der Waals surface area contributed by atoms with Gasteiger partial charge in [-0.15, -0.1) is 5.10 Å². The number of H-pyrrole nitrogens is 1. The first kappa shape index (κ1) is 22.0. The lowest BCUT2D eigenvalue weighted by molar-refractivity contribution is -0.139. The number of hydrogen-bond acceptors (Lipinski definition) is 7. The molecule has 1 aromatic heterocycles. The SMILES string of the molecule is CCCc1nc(S/C(=C\c2cc(I)c(OCC(=O)O)c(OC)c2)C(=O)O)n[nH]1. The first-order valence-electron chi connectivity index (χ1n) is 8.10. The van der Waals surface area contributed by atoms with Gasteiger partial charge in [-0.05, 0) is 64.5 Å². The second kappa shape index (κ2) is 10.3. The summed E-state index contributed by atoms with van der Waals surface area (Å²) in [5.74, 6) is -0.944. The van der Waals surface area contributed by atoms with Crippen molar-refractivity contribution in [2.75, 3.05) is 13.7 Å². The molecule has 0 atom stereocenters. The van der Waals surface area contributed by atoms with Crippen LogP contribution < -0.4 is 9.47 Å². The zero-order valence-electron chi connectivity index (χ0n) is 15.1. The Balaban J connectivity index is 2.31. The van der Waals surface area contributed by atoms with Gasteiger partial charge in [0.05, 0.1) is 10.7 Å². The maximum absolute atomic E-state index is 11.6. The van der Waals surface area contributed by atoms with Crippen LogP contribution in [0.2, 0.25) is 0 Å². The van der Waals surface area contributed by atoms with Crippen LogP contribution >= 0.6 is 34.4 Å². The number of nitrogens with zero attached hydrogens (tertiary/aromatic N) is 2. The maximum Gasteiger partial charge on any atom is 0.342 e. The molecular formula is C17H18IN3O6S. The third kappa shape index (κ3) is 6.12. The molecule has 2 aromatic rings. The molecule has 1 heterocycles. The number of thioether (sulfide) groups is 1. The average molecular weight is 519 g/mol. The summed E-state index contributed by atoms with van der Waals surface area (Å²) in [5.41, 5.74) is 0.554. The van der Waals surface area contributed by atoms with E-state index in [4.69, 9.17) is 14.6 Å². The van der Waals surface area contributed by atoms with Gasteiger partial charge >= 0.3 is 11.9 Å². The Morgan fingerprint density at radius 2 is 2.11 bits per heavy atom. The lowest BCUT2D eigenvalue weighted by Gasteiger charge is -2.12. The normalized spacial score (nSPS) is 11.3. The van der Waals surface area contributed by atoms with Crippen molar-refractivity contribution in [3.63, 3.8) is 0 Å². The number of nitrogens with one attached hydrogen (secondary N) is 1. The number of aromatic nitrogens is 3. The first-order chi connectivity index (χ1) is 13.3. The van der Waals surface area contributed by atoms with E-state index in [9.17, 15) is 14.7 Å². The number of rotatable bonds is 10. The number of aryl methyl sites for hydroxylation is 1. The number of hydrogen-bond donors (Lipinski definition) is 3. The zero-order chi connectivity index (χ0) is 20.7. The van der Waals surface area contributed by atoms with Crippen molar-refractivity contribution in [2.24, 2.45) is 0 Å². The van der Waals surface area contributed by atoms with Crippen molar-refractivity contribution in [1.29, 1.82) is 0 Å². The Morgan fingerprint density at radius 3 is 2.71 bits per heavy atom. The summed E-state index contributed by atoms with van der Waals surface area (Å²) in [6, 6.07) is 3.24. The molecule has 150 valence electrons. The maximum atomic E-state index is 11.6. The van der Waals surface area contributed by atoms with Gasteiger partial charge in [0.25, 0.3) is 0 Å². The van der Waals surface area contributed by atoms with E-state index in [0.717, 1.165) is 24.6 Å². The Bertz CT molecular complexity index is 899. The summed E-state index contributed by atoms with van der Waals surface area (Å²) in [6.45, 7) is 1.50. The minimum atomic E-state index is -1.12. The molecule has 0 radical (unpaired) electrons. The van der Waals surface area contributed by atoms with Gasteiger partial charge in [0.15, 0.2) is 18.1 Å². The van der Waals surface area contributed by atoms with Gasteiger partial charge in [-0.2, -0.15) is 0 Å². The fraction of sp³-hybridized carbons (Fsp3) is 0.294. The number of aromatic amines is 1. The number of methoxy groups -OCH3 is 1. The quantitative estimate of drug-likeness (QED) is 0.246. The summed E-state index contributed by atoms with van der Waals surface area (Å²) >= 11 is 2.90. The molecule has 2 rings (SSSR count). The fourth-order valence-corrected chi connectivity index (χ4v) is 3.66. The Hall–Kier alpha value is -2.28. The number of ether oxygens (including phenoxy) is 2. The number of carboxylic acids is 2. The molecule has 0 saturated heterocycles. The monoisotopic (exact) mass is 519 g/mol. The van der Waals surface area contributed by atoms with E-state index < -0.39 is 18.5 Å². The molecule has 0 saturated carbocycles. The second-order valence-corrected chi connectivity index (χ2v) is 7.62. The molecule has 0 unspecified atom stereocenters. The average Bonchev–Trinajstić information content (AvgIpc) is 3.07. The van der Waals surface area contributed by atoms with Gasteiger partial charge in [-0.3, -0.25) is 5.10 Å². The molecule has 0 aliphatic heterocycles. The van der Waals surface area contributed by atoms with E-state index >= 15 is 0 Å². The van der Waals surface area contributed by atoms with Gasteiger partial charge in [-0.25, -0.2) is 14.6 Å². The molecule has 11 heteroatoms. The minimum Gasteiger partial charge on any atom is -0.493 e. The highest BCUT2D eigenvalue weighted by molar-refractivity contribution is 14.1. The van der Waals surface area contributed by atoms with Gasteiger partial charge < -0.3 is 19.7 Å². The van der Waals surface area contributed by atoms with Crippen molar-refractivity contribution in [3.05, 3.63) is 32.0 Å². The number of aliphatic carboxylic acids is 2. The van der Waals surface area contributed by atoms with Crippen molar-refractivity contribution in [3.8, 4) is 11.5 Å². The van der Waals surface area contributed by atoms with E-state index in [1.165, 1.54) is 13.2 Å². The van der Waals surface area contributed by atoms with Crippen LogP contribution in [0.5, 0.6) is 11.5 Å². The lowest BCUT2D eigenvalue weighted by atomic mass is 10.2. The summed E-state index contributed by atoms with van der Waals surface area (Å²) in [6.07, 6.45) is 3.09. The summed E-state index contributed by atoms with van der Waals surface area (Å²) in [4.78, 5) is 26.7. The molecule has 0 aliphatic rings. The number of benzene rings is 1. The van der Waals surface area contributed by atoms with Crippen LogP contribution in [-0.2, 0) is 16.0 Å². The molecule has 0 amide bonds. The largest absolute Gasteiger partial charge is 0.493 e. The van der Waals surface area contributed by atoms with Crippen LogP contribution in [0.3, 0.4) is 0 Å². The first-order valence-corrected chi connectivity index (χ1v) is 9.99. The Labute approximate surface area is 178 Å². The van der Waals surface area contributed by atoms with Gasteiger partial charge in [0.2, 0.25) is 5.16 Å². The van der Waals surface area contributed by atoms with E-state index in [2.05, 4.69) is 15.2 Å². The molecule has 9 nitrogen and oxygen atoms in total. The van der Waals surface area contributed by atoms with Crippen molar-refractivity contribution in [2.45, 2.75) is 24.9 Å². The Morgan fingerprint density at radius 1 is 1.36 bits per heavy atom. The molecule has 0 bridgehead atoms. The highest BCUT2D eigenvalue weighted by atomic mass is 127. The standard InChI is InChI=1S/C17H18IN3O6S/c1-3-4-13-19-17(21-20-13)28-12(16(24)25)7-9-5-10(18)15(11(6-9)26-2)27-8-14(22)23/h5-7H,3-4,8H2,1-2H3,(H,22,23)(H,24,25)(H,19,20,21)/b12-7-. The molecule has 1 aromatic carbocycles.